The first kappa shape index (κ1) is 9.86. The van der Waals surface area contributed by atoms with Crippen LogP contribution in [0.3, 0.4) is 0 Å². The molecular formula is C11H12N2O2. The standard InChI is InChI=1S/C11H12N2O2/c12-9(11(14)15)5-7-6-13-10-4-2-1-3-8(7)10/h1-4,6-7,9H,5,12H2,(H,14,15)/t7?,9-/m0/s1. The van der Waals surface area contributed by atoms with Gasteiger partial charge in [0.15, 0.2) is 0 Å². The van der Waals surface area contributed by atoms with Crippen LogP contribution in [0.1, 0.15) is 17.9 Å². The van der Waals surface area contributed by atoms with Gasteiger partial charge in [0, 0.05) is 12.1 Å². The summed E-state index contributed by atoms with van der Waals surface area (Å²) >= 11 is 0. The molecule has 0 radical (unpaired) electrons. The van der Waals surface area contributed by atoms with Gasteiger partial charge in [0.1, 0.15) is 6.04 Å². The maximum atomic E-state index is 10.6. The van der Waals surface area contributed by atoms with Crippen molar-refractivity contribution in [3.05, 3.63) is 29.8 Å². The lowest BCUT2D eigenvalue weighted by Crippen LogP contribution is -2.31. The Morgan fingerprint density at radius 3 is 3.00 bits per heavy atom. The number of carbonyl (C=O) groups is 1. The number of benzene rings is 1. The minimum Gasteiger partial charge on any atom is -0.480 e. The van der Waals surface area contributed by atoms with Crippen molar-refractivity contribution in [3.8, 4) is 0 Å². The third-order valence-electron chi connectivity index (χ3n) is 2.55. The van der Waals surface area contributed by atoms with Gasteiger partial charge in [-0.15, -0.1) is 0 Å². The molecule has 15 heavy (non-hydrogen) atoms. The summed E-state index contributed by atoms with van der Waals surface area (Å²) in [6, 6.07) is 6.88. The van der Waals surface area contributed by atoms with Crippen LogP contribution in [-0.2, 0) is 4.79 Å². The topological polar surface area (TPSA) is 75.7 Å². The highest BCUT2D eigenvalue weighted by Crippen LogP contribution is 2.33. The van der Waals surface area contributed by atoms with Crippen molar-refractivity contribution in [1.82, 2.24) is 0 Å². The fourth-order valence-electron chi connectivity index (χ4n) is 1.73. The molecule has 1 heterocycles. The monoisotopic (exact) mass is 204 g/mol. The zero-order chi connectivity index (χ0) is 10.8. The first-order chi connectivity index (χ1) is 7.18. The van der Waals surface area contributed by atoms with Gasteiger partial charge < -0.3 is 10.8 Å². The maximum Gasteiger partial charge on any atom is 0.320 e. The maximum absolute atomic E-state index is 10.6. The molecule has 1 aromatic rings. The summed E-state index contributed by atoms with van der Waals surface area (Å²) in [4.78, 5) is 14.8. The van der Waals surface area contributed by atoms with E-state index in [0.29, 0.717) is 6.42 Å². The van der Waals surface area contributed by atoms with Gasteiger partial charge in [-0.25, -0.2) is 0 Å². The Hall–Kier alpha value is -1.68. The van der Waals surface area contributed by atoms with Gasteiger partial charge in [-0.1, -0.05) is 18.2 Å². The van der Waals surface area contributed by atoms with Gasteiger partial charge in [-0.05, 0) is 18.1 Å². The lowest BCUT2D eigenvalue weighted by molar-refractivity contribution is -0.138. The molecule has 0 aliphatic carbocycles. The molecule has 1 aliphatic rings. The molecule has 1 aromatic carbocycles. The highest BCUT2D eigenvalue weighted by atomic mass is 16.4. The Balaban J connectivity index is 2.15. The molecule has 4 nitrogen and oxygen atoms in total. The van der Waals surface area contributed by atoms with Crippen molar-refractivity contribution in [3.63, 3.8) is 0 Å². The van der Waals surface area contributed by atoms with Gasteiger partial charge >= 0.3 is 5.97 Å². The van der Waals surface area contributed by atoms with E-state index in [1.165, 1.54) is 0 Å². The highest BCUT2D eigenvalue weighted by Gasteiger charge is 2.23. The number of nitrogens with zero attached hydrogens (tertiary/aromatic N) is 1. The fraction of sp³-hybridized carbons (Fsp3) is 0.273. The van der Waals surface area contributed by atoms with Crippen molar-refractivity contribution in [2.45, 2.75) is 18.4 Å². The second-order valence-electron chi connectivity index (χ2n) is 3.62. The molecule has 0 amide bonds. The average molecular weight is 204 g/mol. The number of hydrogen-bond acceptors (Lipinski definition) is 3. The Labute approximate surface area is 87.4 Å². The van der Waals surface area contributed by atoms with Gasteiger partial charge in [0.2, 0.25) is 0 Å². The van der Waals surface area contributed by atoms with E-state index in [1.807, 2.05) is 24.3 Å². The summed E-state index contributed by atoms with van der Waals surface area (Å²) < 4.78 is 0. The molecule has 0 saturated heterocycles. The average Bonchev–Trinajstić information content (AvgIpc) is 2.62. The molecule has 3 N–H and O–H groups in total. The van der Waals surface area contributed by atoms with E-state index in [0.717, 1.165) is 11.3 Å². The van der Waals surface area contributed by atoms with Crippen LogP contribution < -0.4 is 5.73 Å². The van der Waals surface area contributed by atoms with Crippen LogP contribution in [0, 0.1) is 0 Å². The number of hydrogen-bond donors (Lipinski definition) is 2. The molecule has 0 bridgehead atoms. The molecule has 2 rings (SSSR count). The van der Waals surface area contributed by atoms with Crippen LogP contribution in [0.25, 0.3) is 0 Å². The second kappa shape index (κ2) is 3.82. The minimum absolute atomic E-state index is 0.0345. The minimum atomic E-state index is -0.965. The summed E-state index contributed by atoms with van der Waals surface area (Å²) in [6.45, 7) is 0. The van der Waals surface area contributed by atoms with Crippen molar-refractivity contribution in [1.29, 1.82) is 0 Å². The molecule has 0 spiro atoms. The molecule has 1 unspecified atom stereocenters. The van der Waals surface area contributed by atoms with E-state index in [9.17, 15) is 4.79 Å². The summed E-state index contributed by atoms with van der Waals surface area (Å²) in [5.74, 6) is -0.930. The number of aliphatic imine (C=N–C) groups is 1. The summed E-state index contributed by atoms with van der Waals surface area (Å²) in [5.41, 5.74) is 7.47. The first-order valence-corrected chi connectivity index (χ1v) is 4.80. The summed E-state index contributed by atoms with van der Waals surface area (Å²) in [5, 5.41) is 8.72. The molecular weight excluding hydrogens is 192 g/mol. The van der Waals surface area contributed by atoms with E-state index in [4.69, 9.17) is 10.8 Å². The predicted molar refractivity (Wildman–Crippen MR) is 57.6 cm³/mol. The van der Waals surface area contributed by atoms with E-state index in [1.54, 1.807) is 6.21 Å². The molecule has 78 valence electrons. The van der Waals surface area contributed by atoms with Crippen LogP contribution >= 0.6 is 0 Å². The number of rotatable bonds is 3. The zero-order valence-corrected chi connectivity index (χ0v) is 8.13. The van der Waals surface area contributed by atoms with E-state index in [2.05, 4.69) is 4.99 Å². The molecule has 0 fully saturated rings. The Bertz CT molecular complexity index is 415. The Morgan fingerprint density at radius 2 is 2.27 bits per heavy atom. The smallest absolute Gasteiger partial charge is 0.320 e. The Kier molecular flexibility index (Phi) is 2.51. The SMILES string of the molecule is N[C@@H](CC1C=Nc2ccccc21)C(=O)O. The third-order valence-corrected chi connectivity index (χ3v) is 2.55. The van der Waals surface area contributed by atoms with Crippen LogP contribution in [0.5, 0.6) is 0 Å². The predicted octanol–water partition coefficient (Wildman–Crippen LogP) is 1.29. The van der Waals surface area contributed by atoms with Crippen LogP contribution in [0.15, 0.2) is 29.3 Å². The van der Waals surface area contributed by atoms with Crippen LogP contribution in [-0.4, -0.2) is 23.3 Å². The van der Waals surface area contributed by atoms with Crippen molar-refractivity contribution in [2.24, 2.45) is 10.7 Å². The van der Waals surface area contributed by atoms with Gasteiger partial charge in [-0.3, -0.25) is 9.79 Å². The van der Waals surface area contributed by atoms with Gasteiger partial charge in [0.05, 0.1) is 5.69 Å². The Morgan fingerprint density at radius 1 is 1.53 bits per heavy atom. The first-order valence-electron chi connectivity index (χ1n) is 4.80. The van der Waals surface area contributed by atoms with Crippen molar-refractivity contribution < 1.29 is 9.90 Å². The number of para-hydroxylation sites is 1. The molecule has 1 aliphatic heterocycles. The number of aliphatic carboxylic acids is 1. The molecule has 4 heteroatoms. The lowest BCUT2D eigenvalue weighted by atomic mass is 9.94. The summed E-state index contributed by atoms with van der Waals surface area (Å²) in [6.07, 6.45) is 2.17. The van der Waals surface area contributed by atoms with E-state index < -0.39 is 12.0 Å². The molecule has 0 saturated carbocycles. The van der Waals surface area contributed by atoms with Crippen LogP contribution in [0.4, 0.5) is 5.69 Å². The second-order valence-corrected chi connectivity index (χ2v) is 3.62. The lowest BCUT2D eigenvalue weighted by Gasteiger charge is -2.11. The largest absolute Gasteiger partial charge is 0.480 e. The van der Waals surface area contributed by atoms with E-state index >= 15 is 0 Å². The van der Waals surface area contributed by atoms with Gasteiger partial charge in [0.25, 0.3) is 0 Å². The fourth-order valence-corrected chi connectivity index (χ4v) is 1.73. The van der Waals surface area contributed by atoms with E-state index in [-0.39, 0.29) is 5.92 Å². The van der Waals surface area contributed by atoms with Crippen molar-refractivity contribution in [2.75, 3.05) is 0 Å². The van der Waals surface area contributed by atoms with Crippen molar-refractivity contribution >= 4 is 17.9 Å². The number of nitrogens with two attached hydrogens (primary N) is 1. The number of carboxylic acid groups (broad SMARTS) is 1. The third kappa shape index (κ3) is 1.89. The van der Waals surface area contributed by atoms with Gasteiger partial charge in [-0.2, -0.15) is 0 Å². The number of fused-ring (bicyclic) bond motifs is 1. The zero-order valence-electron chi connectivity index (χ0n) is 8.13. The number of carboxylic acids is 1. The van der Waals surface area contributed by atoms with Crippen LogP contribution in [0.2, 0.25) is 0 Å². The highest BCUT2D eigenvalue weighted by molar-refractivity contribution is 5.82. The summed E-state index contributed by atoms with van der Waals surface area (Å²) in [7, 11) is 0. The molecule has 2 atom stereocenters. The molecule has 0 aromatic heterocycles. The normalized spacial score (nSPS) is 19.9. The quantitative estimate of drug-likeness (QED) is 0.778.